The summed E-state index contributed by atoms with van der Waals surface area (Å²) in [7, 11) is 1.74. The maximum absolute atomic E-state index is 5.63. The molecule has 0 aliphatic carbocycles. The number of methoxy groups -OCH3 is 1. The van der Waals surface area contributed by atoms with Crippen LogP contribution in [0.2, 0.25) is 0 Å². The number of nitrogens with zero attached hydrogens (tertiary/aromatic N) is 3. The smallest absolute Gasteiger partial charge is 0.161 e. The van der Waals surface area contributed by atoms with E-state index in [0.717, 1.165) is 41.6 Å². The summed E-state index contributed by atoms with van der Waals surface area (Å²) in [5.74, 6) is 1.60. The van der Waals surface area contributed by atoms with Gasteiger partial charge in [0.15, 0.2) is 5.82 Å². The summed E-state index contributed by atoms with van der Waals surface area (Å²) in [6.07, 6.45) is 3.52. The van der Waals surface area contributed by atoms with E-state index in [-0.39, 0.29) is 6.10 Å². The Morgan fingerprint density at radius 2 is 2.12 bits per heavy atom. The van der Waals surface area contributed by atoms with Gasteiger partial charge >= 0.3 is 0 Å². The van der Waals surface area contributed by atoms with E-state index in [0.29, 0.717) is 6.54 Å². The number of hydrogen-bond donors (Lipinski definition) is 2. The van der Waals surface area contributed by atoms with Crippen molar-refractivity contribution < 1.29 is 4.74 Å². The zero-order valence-electron chi connectivity index (χ0n) is 13.9. The summed E-state index contributed by atoms with van der Waals surface area (Å²) in [5, 5.41) is 8.89. The second-order valence-electron chi connectivity index (χ2n) is 5.78. The molecule has 25 heavy (non-hydrogen) atoms. The standard InChI is InChI=1S/C18H19N5OS/c1-24-15(16-3-2-8-25-16)11-21-18-13-9-20-10-14(13)22-17(23-18)12-4-6-19-7-5-12/h2-8,15,20H,9-11H2,1H3,(H,21,22,23)/t15-/m0/s1. The minimum Gasteiger partial charge on any atom is -0.374 e. The van der Waals surface area contributed by atoms with E-state index >= 15 is 0 Å². The third kappa shape index (κ3) is 3.39. The zero-order chi connectivity index (χ0) is 17.1. The molecular weight excluding hydrogens is 334 g/mol. The van der Waals surface area contributed by atoms with Crippen LogP contribution >= 0.6 is 11.3 Å². The van der Waals surface area contributed by atoms with Crippen molar-refractivity contribution in [2.24, 2.45) is 0 Å². The van der Waals surface area contributed by atoms with Crippen LogP contribution in [0.4, 0.5) is 5.82 Å². The molecule has 1 aliphatic rings. The van der Waals surface area contributed by atoms with Gasteiger partial charge in [-0.05, 0) is 23.6 Å². The molecule has 6 nitrogen and oxygen atoms in total. The Balaban J connectivity index is 1.61. The topological polar surface area (TPSA) is 72.0 Å². The van der Waals surface area contributed by atoms with Gasteiger partial charge in [0.2, 0.25) is 0 Å². The Kier molecular flexibility index (Phi) is 4.69. The lowest BCUT2D eigenvalue weighted by molar-refractivity contribution is 0.117. The molecule has 2 N–H and O–H groups in total. The van der Waals surface area contributed by atoms with Crippen molar-refractivity contribution in [3.05, 3.63) is 58.2 Å². The first kappa shape index (κ1) is 16.1. The van der Waals surface area contributed by atoms with Gasteiger partial charge in [-0.2, -0.15) is 0 Å². The summed E-state index contributed by atoms with van der Waals surface area (Å²) >= 11 is 1.70. The molecule has 1 atom stereocenters. The van der Waals surface area contributed by atoms with E-state index in [2.05, 4.69) is 27.1 Å². The number of anilines is 1. The summed E-state index contributed by atoms with van der Waals surface area (Å²) in [4.78, 5) is 14.7. The third-order valence-corrected chi connectivity index (χ3v) is 5.19. The second kappa shape index (κ2) is 7.26. The van der Waals surface area contributed by atoms with E-state index in [1.54, 1.807) is 30.8 Å². The van der Waals surface area contributed by atoms with Crippen molar-refractivity contribution in [3.8, 4) is 11.4 Å². The number of thiophene rings is 1. The van der Waals surface area contributed by atoms with Gasteiger partial charge in [-0.1, -0.05) is 6.07 Å². The minimum atomic E-state index is 0.00403. The molecule has 128 valence electrons. The summed E-state index contributed by atoms with van der Waals surface area (Å²) < 4.78 is 5.63. The first-order chi connectivity index (χ1) is 12.3. The van der Waals surface area contributed by atoms with Crippen LogP contribution in [0.15, 0.2) is 42.0 Å². The van der Waals surface area contributed by atoms with Crippen molar-refractivity contribution in [1.82, 2.24) is 20.3 Å². The Labute approximate surface area is 150 Å². The molecule has 4 heterocycles. The molecule has 0 unspecified atom stereocenters. The lowest BCUT2D eigenvalue weighted by Gasteiger charge is -2.17. The largest absolute Gasteiger partial charge is 0.374 e. The van der Waals surface area contributed by atoms with Crippen molar-refractivity contribution in [1.29, 1.82) is 0 Å². The molecule has 1 aliphatic heterocycles. The lowest BCUT2D eigenvalue weighted by atomic mass is 10.2. The van der Waals surface area contributed by atoms with E-state index in [1.807, 2.05) is 18.2 Å². The number of ether oxygens (including phenoxy) is 1. The molecule has 0 fully saturated rings. The average molecular weight is 353 g/mol. The maximum Gasteiger partial charge on any atom is 0.161 e. The third-order valence-electron chi connectivity index (χ3n) is 4.23. The first-order valence-electron chi connectivity index (χ1n) is 8.16. The number of pyridine rings is 1. The van der Waals surface area contributed by atoms with E-state index in [1.165, 1.54) is 4.88 Å². The second-order valence-corrected chi connectivity index (χ2v) is 6.76. The molecule has 0 aromatic carbocycles. The van der Waals surface area contributed by atoms with Gasteiger partial charge in [0.25, 0.3) is 0 Å². The van der Waals surface area contributed by atoms with Crippen LogP contribution in [0.5, 0.6) is 0 Å². The highest BCUT2D eigenvalue weighted by atomic mass is 32.1. The number of rotatable bonds is 6. The highest BCUT2D eigenvalue weighted by molar-refractivity contribution is 7.10. The van der Waals surface area contributed by atoms with Gasteiger partial charge in [-0.25, -0.2) is 9.97 Å². The van der Waals surface area contributed by atoms with E-state index in [9.17, 15) is 0 Å². The van der Waals surface area contributed by atoms with Crippen molar-refractivity contribution in [2.75, 3.05) is 19.0 Å². The summed E-state index contributed by atoms with van der Waals surface area (Å²) in [5.41, 5.74) is 3.16. The SMILES string of the molecule is CO[C@@H](CNc1nc(-c2ccncc2)nc2c1CNC2)c1cccs1. The highest BCUT2D eigenvalue weighted by Crippen LogP contribution is 2.27. The monoisotopic (exact) mass is 353 g/mol. The van der Waals surface area contributed by atoms with Crippen LogP contribution in [-0.2, 0) is 17.8 Å². The Hall–Kier alpha value is -2.35. The number of fused-ring (bicyclic) bond motifs is 1. The predicted octanol–water partition coefficient (Wildman–Crippen LogP) is 3.00. The Morgan fingerprint density at radius 3 is 2.88 bits per heavy atom. The van der Waals surface area contributed by atoms with Crippen molar-refractivity contribution in [2.45, 2.75) is 19.2 Å². The molecule has 3 aromatic rings. The quantitative estimate of drug-likeness (QED) is 0.710. The fourth-order valence-corrected chi connectivity index (χ4v) is 3.71. The molecule has 0 amide bonds. The summed E-state index contributed by atoms with van der Waals surface area (Å²) in [6, 6.07) is 7.99. The van der Waals surface area contributed by atoms with Crippen LogP contribution < -0.4 is 10.6 Å². The molecule has 3 aromatic heterocycles. The molecule has 7 heteroatoms. The van der Waals surface area contributed by atoms with Gasteiger partial charge in [0, 0.05) is 55.1 Å². The first-order valence-corrected chi connectivity index (χ1v) is 9.04. The average Bonchev–Trinajstić information content (AvgIpc) is 3.34. The van der Waals surface area contributed by atoms with Crippen molar-refractivity contribution in [3.63, 3.8) is 0 Å². The molecule has 0 saturated heterocycles. The Morgan fingerprint density at radius 1 is 1.24 bits per heavy atom. The maximum atomic E-state index is 5.63. The number of aromatic nitrogens is 3. The lowest BCUT2D eigenvalue weighted by Crippen LogP contribution is -2.16. The predicted molar refractivity (Wildman–Crippen MR) is 98.4 cm³/mol. The molecule has 4 rings (SSSR count). The fraction of sp³-hybridized carbons (Fsp3) is 0.278. The minimum absolute atomic E-state index is 0.00403. The Bertz CT molecular complexity index is 838. The highest BCUT2D eigenvalue weighted by Gasteiger charge is 2.21. The molecule has 0 radical (unpaired) electrons. The zero-order valence-corrected chi connectivity index (χ0v) is 14.7. The van der Waals surface area contributed by atoms with Crippen LogP contribution in [0, 0.1) is 0 Å². The molecule has 0 spiro atoms. The summed E-state index contributed by atoms with van der Waals surface area (Å²) in [6.45, 7) is 2.21. The molecule has 0 bridgehead atoms. The van der Waals surface area contributed by atoms with Gasteiger partial charge in [-0.3, -0.25) is 4.98 Å². The van der Waals surface area contributed by atoms with Gasteiger partial charge in [0.1, 0.15) is 11.9 Å². The number of nitrogens with one attached hydrogen (secondary N) is 2. The van der Waals surface area contributed by atoms with Gasteiger partial charge < -0.3 is 15.4 Å². The number of hydrogen-bond acceptors (Lipinski definition) is 7. The van der Waals surface area contributed by atoms with Crippen LogP contribution in [0.1, 0.15) is 22.2 Å². The molecule has 0 saturated carbocycles. The van der Waals surface area contributed by atoms with Crippen LogP contribution in [0.3, 0.4) is 0 Å². The van der Waals surface area contributed by atoms with Crippen LogP contribution in [0.25, 0.3) is 11.4 Å². The van der Waals surface area contributed by atoms with Crippen LogP contribution in [-0.4, -0.2) is 28.6 Å². The fourth-order valence-electron chi connectivity index (χ4n) is 2.91. The molecular formula is C18H19N5OS. The van der Waals surface area contributed by atoms with Gasteiger partial charge in [0.05, 0.1) is 5.69 Å². The van der Waals surface area contributed by atoms with E-state index in [4.69, 9.17) is 14.7 Å². The van der Waals surface area contributed by atoms with E-state index < -0.39 is 0 Å². The van der Waals surface area contributed by atoms with Crippen molar-refractivity contribution >= 4 is 17.2 Å². The van der Waals surface area contributed by atoms with Gasteiger partial charge in [-0.15, -0.1) is 11.3 Å². The normalized spacial score (nSPS) is 14.3.